The summed E-state index contributed by atoms with van der Waals surface area (Å²) in [5.74, 6) is -2.32. The van der Waals surface area contributed by atoms with Crippen LogP contribution in [0.25, 0.3) is 0 Å². The molecule has 1 aliphatic carbocycles. The Kier molecular flexibility index (Phi) is 1.81. The number of carbonyl (C=O) groups is 3. The predicted molar refractivity (Wildman–Crippen MR) is 70.8 cm³/mol. The van der Waals surface area contributed by atoms with Crippen LogP contribution < -0.4 is 10.2 Å². The molecule has 1 saturated heterocycles. The van der Waals surface area contributed by atoms with Crippen molar-refractivity contribution in [2.24, 2.45) is 10.8 Å². The van der Waals surface area contributed by atoms with Crippen molar-refractivity contribution in [3.8, 4) is 12.1 Å². The first-order valence-corrected chi connectivity index (χ1v) is 6.53. The van der Waals surface area contributed by atoms with E-state index in [1.54, 1.807) is 24.3 Å². The van der Waals surface area contributed by atoms with Gasteiger partial charge in [0, 0.05) is 12.7 Å². The van der Waals surface area contributed by atoms with E-state index in [-0.39, 0.29) is 0 Å². The van der Waals surface area contributed by atoms with E-state index in [9.17, 15) is 24.9 Å². The molecule has 1 N–H and O–H groups in total. The number of hydrogen-bond donors (Lipinski definition) is 1. The summed E-state index contributed by atoms with van der Waals surface area (Å²) in [4.78, 5) is 38.7. The molecule has 106 valence electrons. The topological polar surface area (TPSA) is 114 Å². The number of benzene rings is 1. The molecule has 2 aliphatic heterocycles. The number of imide groups is 1. The van der Waals surface area contributed by atoms with Crippen LogP contribution in [0.2, 0.25) is 0 Å². The molecule has 7 nitrogen and oxygen atoms in total. The third kappa shape index (κ3) is 0.751. The monoisotopic (exact) mass is 292 g/mol. The number of para-hydroxylation sites is 1. The van der Waals surface area contributed by atoms with Crippen molar-refractivity contribution >= 4 is 23.4 Å². The van der Waals surface area contributed by atoms with E-state index in [0.717, 1.165) is 0 Å². The highest BCUT2D eigenvalue weighted by molar-refractivity contribution is 6.31. The molecule has 1 saturated carbocycles. The van der Waals surface area contributed by atoms with Crippen LogP contribution >= 0.6 is 0 Å². The molecule has 1 aromatic carbocycles. The zero-order valence-corrected chi connectivity index (χ0v) is 11.4. The Hall–Kier alpha value is -3.19. The van der Waals surface area contributed by atoms with E-state index in [1.807, 2.05) is 17.5 Å². The van der Waals surface area contributed by atoms with Crippen LogP contribution in [0.4, 0.5) is 5.69 Å². The fourth-order valence-electron chi connectivity index (χ4n) is 4.26. The predicted octanol–water partition coefficient (Wildman–Crippen LogP) is -0.409. The average molecular weight is 292 g/mol. The molecule has 3 amide bonds. The summed E-state index contributed by atoms with van der Waals surface area (Å²) < 4.78 is 0. The zero-order valence-electron chi connectivity index (χ0n) is 11.4. The summed E-state index contributed by atoms with van der Waals surface area (Å²) in [6.45, 7) is 0. The van der Waals surface area contributed by atoms with Crippen LogP contribution in [-0.2, 0) is 19.8 Å². The van der Waals surface area contributed by atoms with E-state index >= 15 is 0 Å². The van der Waals surface area contributed by atoms with Gasteiger partial charge in [0.2, 0.25) is 5.91 Å². The van der Waals surface area contributed by atoms with Gasteiger partial charge in [-0.05, 0) is 11.6 Å². The third-order valence-corrected chi connectivity index (χ3v) is 5.16. The molecule has 2 unspecified atom stereocenters. The molecule has 7 heteroatoms. The molecule has 4 rings (SSSR count). The summed E-state index contributed by atoms with van der Waals surface area (Å²) in [6.07, 6.45) is 0. The Morgan fingerprint density at radius 2 is 1.59 bits per heavy atom. The largest absolute Gasteiger partial charge is 0.314 e. The van der Waals surface area contributed by atoms with Gasteiger partial charge in [0.1, 0.15) is 5.41 Å². The molecule has 1 spiro atoms. The summed E-state index contributed by atoms with van der Waals surface area (Å²) in [7, 11) is 1.50. The number of anilines is 1. The molecule has 3 aliphatic rings. The zero-order chi connectivity index (χ0) is 15.9. The van der Waals surface area contributed by atoms with E-state index in [2.05, 4.69) is 0 Å². The maximum Gasteiger partial charge on any atom is 0.250 e. The van der Waals surface area contributed by atoms with Crippen molar-refractivity contribution in [2.45, 2.75) is 5.41 Å². The second kappa shape index (κ2) is 3.18. The number of amides is 3. The van der Waals surface area contributed by atoms with E-state index < -0.39 is 34.0 Å². The van der Waals surface area contributed by atoms with Gasteiger partial charge >= 0.3 is 0 Å². The van der Waals surface area contributed by atoms with Crippen molar-refractivity contribution in [1.29, 1.82) is 10.5 Å². The fourth-order valence-corrected chi connectivity index (χ4v) is 4.26. The van der Waals surface area contributed by atoms with Gasteiger partial charge < -0.3 is 4.90 Å². The molecule has 2 atom stereocenters. The summed E-state index contributed by atoms with van der Waals surface area (Å²) in [5.41, 5.74) is -4.84. The molecule has 0 radical (unpaired) electrons. The Bertz CT molecular complexity index is 855. The quantitative estimate of drug-likeness (QED) is 0.653. The summed E-state index contributed by atoms with van der Waals surface area (Å²) >= 11 is 0. The number of nitrogens with one attached hydrogen (secondary N) is 1. The van der Waals surface area contributed by atoms with Crippen molar-refractivity contribution < 1.29 is 14.4 Å². The SMILES string of the molecule is CN1C(=O)C2(c3ccccc31)C1(C#N)C(=O)NC(=O)C12C#N. The lowest BCUT2D eigenvalue weighted by Gasteiger charge is -2.16. The standard InChI is InChI=1S/C15H8N4O3/c1-19-9-5-3-2-4-8(9)15(12(19)22)13(6-16)10(20)18-11(21)14(13,15)7-17/h2-5H,1H3,(H,18,20,21). The van der Waals surface area contributed by atoms with Gasteiger partial charge in [-0.2, -0.15) is 10.5 Å². The van der Waals surface area contributed by atoms with Crippen LogP contribution in [0.1, 0.15) is 5.56 Å². The minimum absolute atomic E-state index is 0.383. The second-order valence-corrected chi connectivity index (χ2v) is 5.64. The third-order valence-electron chi connectivity index (χ3n) is 5.16. The maximum absolute atomic E-state index is 12.9. The molecule has 2 heterocycles. The minimum atomic E-state index is -2.00. The molecular formula is C15H8N4O3. The van der Waals surface area contributed by atoms with Crippen LogP contribution in [-0.4, -0.2) is 24.8 Å². The molecule has 0 aromatic heterocycles. The van der Waals surface area contributed by atoms with Gasteiger partial charge in [-0.3, -0.25) is 19.7 Å². The Morgan fingerprint density at radius 3 is 2.14 bits per heavy atom. The highest BCUT2D eigenvalue weighted by Crippen LogP contribution is 2.83. The second-order valence-electron chi connectivity index (χ2n) is 5.64. The first-order valence-electron chi connectivity index (χ1n) is 6.53. The highest BCUT2D eigenvalue weighted by Gasteiger charge is 3.03. The molecule has 0 bridgehead atoms. The summed E-state index contributed by atoms with van der Waals surface area (Å²) in [5, 5.41) is 21.3. The van der Waals surface area contributed by atoms with Gasteiger partial charge in [0.05, 0.1) is 12.1 Å². The molecule has 22 heavy (non-hydrogen) atoms. The minimum Gasteiger partial charge on any atom is -0.314 e. The van der Waals surface area contributed by atoms with Gasteiger partial charge in [-0.25, -0.2) is 0 Å². The number of carbonyl (C=O) groups excluding carboxylic acids is 3. The lowest BCUT2D eigenvalue weighted by Crippen LogP contribution is -2.44. The Morgan fingerprint density at radius 1 is 1.05 bits per heavy atom. The Balaban J connectivity index is 2.16. The van der Waals surface area contributed by atoms with E-state index in [0.29, 0.717) is 11.3 Å². The molecular weight excluding hydrogens is 284 g/mol. The first-order chi connectivity index (χ1) is 10.5. The highest BCUT2D eigenvalue weighted by atomic mass is 16.2. The number of rotatable bonds is 0. The van der Waals surface area contributed by atoms with Crippen molar-refractivity contribution in [2.75, 3.05) is 11.9 Å². The average Bonchev–Trinajstić information content (AvgIpc) is 2.94. The maximum atomic E-state index is 12.9. The van der Waals surface area contributed by atoms with E-state index in [4.69, 9.17) is 0 Å². The van der Waals surface area contributed by atoms with Crippen LogP contribution in [0.15, 0.2) is 24.3 Å². The van der Waals surface area contributed by atoms with Crippen LogP contribution in [0.5, 0.6) is 0 Å². The first kappa shape index (κ1) is 12.5. The number of nitriles is 2. The van der Waals surface area contributed by atoms with Gasteiger partial charge in [0.25, 0.3) is 11.8 Å². The van der Waals surface area contributed by atoms with Crippen LogP contribution in [0, 0.1) is 33.5 Å². The number of piperidine rings is 1. The lowest BCUT2D eigenvalue weighted by atomic mass is 9.84. The molecule has 1 aromatic rings. The lowest BCUT2D eigenvalue weighted by molar-refractivity contribution is -0.133. The van der Waals surface area contributed by atoms with Crippen molar-refractivity contribution in [3.63, 3.8) is 0 Å². The van der Waals surface area contributed by atoms with Gasteiger partial charge in [-0.1, -0.05) is 18.2 Å². The number of hydrogen-bond acceptors (Lipinski definition) is 5. The van der Waals surface area contributed by atoms with Gasteiger partial charge in [0.15, 0.2) is 10.8 Å². The smallest absolute Gasteiger partial charge is 0.250 e. The van der Waals surface area contributed by atoms with E-state index in [1.165, 1.54) is 11.9 Å². The van der Waals surface area contributed by atoms with Crippen LogP contribution in [0.3, 0.4) is 0 Å². The number of fused-ring (bicyclic) bond motifs is 5. The normalized spacial score (nSPS) is 37.4. The van der Waals surface area contributed by atoms with Crippen molar-refractivity contribution in [3.05, 3.63) is 29.8 Å². The summed E-state index contributed by atoms with van der Waals surface area (Å²) in [6, 6.07) is 10.2. The fraction of sp³-hybridized carbons (Fsp3) is 0.267. The number of nitrogens with zero attached hydrogens (tertiary/aromatic N) is 3. The Labute approximate surface area is 124 Å². The van der Waals surface area contributed by atoms with Gasteiger partial charge in [-0.15, -0.1) is 0 Å². The number of likely N-dealkylation sites (N-methyl/N-ethyl adjacent to an activating group) is 1. The molecule has 2 fully saturated rings. The van der Waals surface area contributed by atoms with Crippen molar-refractivity contribution in [1.82, 2.24) is 5.32 Å².